The highest BCUT2D eigenvalue weighted by molar-refractivity contribution is 5.83. The summed E-state index contributed by atoms with van der Waals surface area (Å²) < 4.78 is 0. The number of aliphatic hydroxyl groups excluding tert-OH is 1. The Labute approximate surface area is 151 Å². The molecule has 0 aromatic carbocycles. The van der Waals surface area contributed by atoms with Crippen molar-refractivity contribution in [3.05, 3.63) is 36.0 Å². The molecule has 1 rings (SSSR count). The standard InChI is InChI=1S/C21H32O4/c1-16(2)8-7-9-18(22)14-12-17-13-15-20(23)19(17)10-5-3-4-6-11-21(24)25/h3,5,8,12,14,17-19,22H,4,6-7,9-11,13,15H2,1-2H3,(H,24,25)/b5-3-,14-12+/t17-,18+,19+/m0/s1. The van der Waals surface area contributed by atoms with Gasteiger partial charge in [-0.05, 0) is 58.3 Å². The second-order valence-corrected chi connectivity index (χ2v) is 7.08. The van der Waals surface area contributed by atoms with Gasteiger partial charge in [-0.25, -0.2) is 0 Å². The van der Waals surface area contributed by atoms with Crippen molar-refractivity contribution in [2.45, 2.75) is 71.3 Å². The average molecular weight is 348 g/mol. The Kier molecular flexibility index (Phi) is 10.1. The number of hydrogen-bond acceptors (Lipinski definition) is 3. The van der Waals surface area contributed by atoms with Crippen molar-refractivity contribution < 1.29 is 19.8 Å². The van der Waals surface area contributed by atoms with Crippen LogP contribution in [0.15, 0.2) is 36.0 Å². The Morgan fingerprint density at radius 1 is 1.28 bits per heavy atom. The van der Waals surface area contributed by atoms with Gasteiger partial charge in [0.1, 0.15) is 5.78 Å². The number of carbonyl (C=O) groups is 2. The molecule has 1 aliphatic rings. The van der Waals surface area contributed by atoms with Crippen LogP contribution in [0.5, 0.6) is 0 Å². The molecule has 1 fully saturated rings. The number of unbranched alkanes of at least 4 members (excludes halogenated alkanes) is 1. The topological polar surface area (TPSA) is 74.6 Å². The monoisotopic (exact) mass is 348 g/mol. The molecule has 0 radical (unpaired) electrons. The number of allylic oxidation sites excluding steroid dienone is 5. The number of aliphatic carboxylic acids is 1. The van der Waals surface area contributed by atoms with E-state index in [0.717, 1.165) is 19.3 Å². The second-order valence-electron chi connectivity index (χ2n) is 7.08. The molecule has 3 atom stereocenters. The molecule has 0 bridgehead atoms. The van der Waals surface area contributed by atoms with Crippen LogP contribution in [0.2, 0.25) is 0 Å². The van der Waals surface area contributed by atoms with Crippen molar-refractivity contribution in [2.24, 2.45) is 11.8 Å². The Bertz CT molecular complexity index is 512. The van der Waals surface area contributed by atoms with Crippen molar-refractivity contribution in [1.82, 2.24) is 0 Å². The summed E-state index contributed by atoms with van der Waals surface area (Å²) in [5.74, 6) is -0.275. The number of hydrogen-bond donors (Lipinski definition) is 2. The van der Waals surface area contributed by atoms with Crippen molar-refractivity contribution in [3.63, 3.8) is 0 Å². The van der Waals surface area contributed by atoms with Gasteiger partial charge in [0, 0.05) is 18.8 Å². The van der Waals surface area contributed by atoms with Gasteiger partial charge in [-0.15, -0.1) is 0 Å². The van der Waals surface area contributed by atoms with E-state index in [1.807, 2.05) is 38.2 Å². The molecule has 0 aromatic heterocycles. The van der Waals surface area contributed by atoms with E-state index in [0.29, 0.717) is 31.5 Å². The van der Waals surface area contributed by atoms with E-state index >= 15 is 0 Å². The summed E-state index contributed by atoms with van der Waals surface area (Å²) in [6, 6.07) is 0. The van der Waals surface area contributed by atoms with E-state index in [4.69, 9.17) is 5.11 Å². The van der Waals surface area contributed by atoms with Gasteiger partial charge in [0.05, 0.1) is 6.10 Å². The molecule has 0 heterocycles. The van der Waals surface area contributed by atoms with Crippen LogP contribution in [0.1, 0.15) is 65.2 Å². The zero-order valence-corrected chi connectivity index (χ0v) is 15.5. The van der Waals surface area contributed by atoms with E-state index in [2.05, 4.69) is 6.08 Å². The second kappa shape index (κ2) is 11.8. The number of Topliss-reactive ketones (excluding diaryl/α,β-unsaturated/α-hetero) is 1. The van der Waals surface area contributed by atoms with Crippen LogP contribution in [0, 0.1) is 11.8 Å². The lowest BCUT2D eigenvalue weighted by atomic mass is 9.91. The maximum atomic E-state index is 12.1. The normalized spacial score (nSPS) is 22.0. The fraction of sp³-hybridized carbons (Fsp3) is 0.619. The highest BCUT2D eigenvalue weighted by atomic mass is 16.4. The lowest BCUT2D eigenvalue weighted by molar-refractivity contribution is -0.137. The summed E-state index contributed by atoms with van der Waals surface area (Å²) >= 11 is 0. The van der Waals surface area contributed by atoms with E-state index in [9.17, 15) is 14.7 Å². The van der Waals surface area contributed by atoms with Crippen LogP contribution in [0.4, 0.5) is 0 Å². The number of carboxylic acids is 1. The molecule has 4 nitrogen and oxygen atoms in total. The number of rotatable bonds is 11. The molecule has 0 spiro atoms. The molecular formula is C21H32O4. The third-order valence-electron chi connectivity index (χ3n) is 4.57. The highest BCUT2D eigenvalue weighted by Gasteiger charge is 2.31. The van der Waals surface area contributed by atoms with Gasteiger partial charge < -0.3 is 10.2 Å². The van der Waals surface area contributed by atoms with Crippen LogP contribution in [0.25, 0.3) is 0 Å². The van der Waals surface area contributed by atoms with Gasteiger partial charge in [0.15, 0.2) is 0 Å². The molecule has 1 aliphatic carbocycles. The SMILES string of the molecule is CC(C)=CCC[C@@H](O)/C=C/[C@H]1CCC(=O)[C@@H]1C/C=C\CCCC(=O)O. The molecule has 0 aliphatic heterocycles. The van der Waals surface area contributed by atoms with Gasteiger partial charge >= 0.3 is 5.97 Å². The summed E-state index contributed by atoms with van der Waals surface area (Å²) in [6.07, 6.45) is 14.8. The summed E-state index contributed by atoms with van der Waals surface area (Å²) in [4.78, 5) is 22.5. The quantitative estimate of drug-likeness (QED) is 0.427. The molecular weight excluding hydrogens is 316 g/mol. The Morgan fingerprint density at radius 3 is 2.72 bits per heavy atom. The summed E-state index contributed by atoms with van der Waals surface area (Å²) in [5, 5.41) is 18.6. The fourth-order valence-corrected chi connectivity index (χ4v) is 3.11. The fourth-order valence-electron chi connectivity index (χ4n) is 3.11. The van der Waals surface area contributed by atoms with E-state index in [1.54, 1.807) is 0 Å². The first-order valence-electron chi connectivity index (χ1n) is 9.29. The third kappa shape index (κ3) is 9.40. The van der Waals surface area contributed by atoms with Gasteiger partial charge in [0.2, 0.25) is 0 Å². The van der Waals surface area contributed by atoms with E-state index < -0.39 is 12.1 Å². The van der Waals surface area contributed by atoms with Crippen LogP contribution in [-0.2, 0) is 9.59 Å². The third-order valence-corrected chi connectivity index (χ3v) is 4.57. The number of carboxylic acid groups (broad SMARTS) is 1. The minimum absolute atomic E-state index is 0.00282. The predicted molar refractivity (Wildman–Crippen MR) is 100 cm³/mol. The maximum Gasteiger partial charge on any atom is 0.303 e. The molecule has 25 heavy (non-hydrogen) atoms. The highest BCUT2D eigenvalue weighted by Crippen LogP contribution is 2.33. The van der Waals surface area contributed by atoms with Crippen molar-refractivity contribution in [1.29, 1.82) is 0 Å². The molecule has 2 N–H and O–H groups in total. The first kappa shape index (κ1) is 21.4. The maximum absolute atomic E-state index is 12.1. The molecule has 140 valence electrons. The first-order chi connectivity index (χ1) is 11.9. The van der Waals surface area contributed by atoms with Gasteiger partial charge in [0.25, 0.3) is 0 Å². The molecule has 0 amide bonds. The van der Waals surface area contributed by atoms with Crippen molar-refractivity contribution >= 4 is 11.8 Å². The predicted octanol–water partition coefficient (Wildman–Crippen LogP) is 4.45. The molecule has 0 saturated heterocycles. The Balaban J connectivity index is 2.40. The zero-order valence-electron chi connectivity index (χ0n) is 15.5. The molecule has 0 unspecified atom stereocenters. The van der Waals surface area contributed by atoms with Gasteiger partial charge in [-0.1, -0.05) is 36.0 Å². The number of aliphatic hydroxyl groups is 1. The zero-order chi connectivity index (χ0) is 18.7. The smallest absolute Gasteiger partial charge is 0.303 e. The largest absolute Gasteiger partial charge is 0.481 e. The number of carbonyl (C=O) groups excluding carboxylic acids is 1. The van der Waals surface area contributed by atoms with Crippen LogP contribution < -0.4 is 0 Å². The molecule has 1 saturated carbocycles. The Morgan fingerprint density at radius 2 is 2.04 bits per heavy atom. The summed E-state index contributed by atoms with van der Waals surface area (Å²) in [6.45, 7) is 4.10. The van der Waals surface area contributed by atoms with E-state index in [-0.39, 0.29) is 18.3 Å². The van der Waals surface area contributed by atoms with Crippen LogP contribution in [0.3, 0.4) is 0 Å². The lowest BCUT2D eigenvalue weighted by Gasteiger charge is -2.13. The van der Waals surface area contributed by atoms with E-state index in [1.165, 1.54) is 5.57 Å². The van der Waals surface area contributed by atoms with Crippen molar-refractivity contribution in [2.75, 3.05) is 0 Å². The average Bonchev–Trinajstić information content (AvgIpc) is 2.88. The molecule has 4 heteroatoms. The molecule has 0 aromatic rings. The summed E-state index contributed by atoms with van der Waals surface area (Å²) in [5.41, 5.74) is 1.26. The van der Waals surface area contributed by atoms with Gasteiger partial charge in [-0.3, -0.25) is 9.59 Å². The lowest BCUT2D eigenvalue weighted by Crippen LogP contribution is -2.13. The van der Waals surface area contributed by atoms with Crippen LogP contribution >= 0.6 is 0 Å². The minimum atomic E-state index is -0.771. The first-order valence-corrected chi connectivity index (χ1v) is 9.29. The van der Waals surface area contributed by atoms with Gasteiger partial charge in [-0.2, -0.15) is 0 Å². The van der Waals surface area contributed by atoms with Crippen LogP contribution in [-0.4, -0.2) is 28.1 Å². The number of ketones is 1. The van der Waals surface area contributed by atoms with Crippen molar-refractivity contribution in [3.8, 4) is 0 Å². The minimum Gasteiger partial charge on any atom is -0.481 e. The summed E-state index contributed by atoms with van der Waals surface area (Å²) in [7, 11) is 0. The Hall–Kier alpha value is -1.68.